The van der Waals surface area contributed by atoms with Crippen molar-refractivity contribution in [1.29, 1.82) is 0 Å². The van der Waals surface area contributed by atoms with Crippen LogP contribution in [0.15, 0.2) is 0 Å². The Morgan fingerprint density at radius 2 is 0.692 bits per heavy atom. The van der Waals surface area contributed by atoms with E-state index in [1.807, 2.05) is 0 Å². The van der Waals surface area contributed by atoms with Crippen LogP contribution in [0.4, 0.5) is 0 Å². The molecule has 0 heterocycles. The average Bonchev–Trinajstić information content (AvgIpc) is 1.54. The summed E-state index contributed by atoms with van der Waals surface area (Å²) in [4.78, 5) is 0. The first kappa shape index (κ1) is 23.8. The van der Waals surface area contributed by atoms with Gasteiger partial charge in [-0.25, -0.2) is 0 Å². The maximum absolute atomic E-state index is 4.66. The van der Waals surface area contributed by atoms with Gasteiger partial charge >= 0.3 is 26.2 Å². The summed E-state index contributed by atoms with van der Waals surface area (Å²) in [5.74, 6) is 0. The first-order valence-corrected chi connectivity index (χ1v) is 4.54. The summed E-state index contributed by atoms with van der Waals surface area (Å²) in [5, 5.41) is 0. The molecule has 0 aliphatic rings. The molecule has 0 aromatic rings. The summed E-state index contributed by atoms with van der Waals surface area (Å²) in [6.07, 6.45) is 0. The topological polar surface area (TPSA) is 78.1 Å². The summed E-state index contributed by atoms with van der Waals surface area (Å²) in [5.41, 5.74) is 14.0. The second-order valence-electron chi connectivity index (χ2n) is 0.957. The van der Waals surface area contributed by atoms with E-state index in [-0.39, 0.29) is 39.2 Å². The SMILES string of the molecule is NC(=S)[S-].NC(=S)[S-].NC(=S)[S-].[Bi+3]. The van der Waals surface area contributed by atoms with Gasteiger partial charge in [0.05, 0.1) is 0 Å². The van der Waals surface area contributed by atoms with Gasteiger partial charge in [0.25, 0.3) is 0 Å². The van der Waals surface area contributed by atoms with Crippen molar-refractivity contribution in [3.05, 3.63) is 0 Å². The number of rotatable bonds is 0. The third kappa shape index (κ3) is 1130. The predicted molar refractivity (Wildman–Crippen MR) is 78.2 cm³/mol. The third-order valence-electron chi connectivity index (χ3n) is 0. The molecule has 6 N–H and O–H groups in total. The van der Waals surface area contributed by atoms with Crippen molar-refractivity contribution in [2.24, 2.45) is 17.2 Å². The molecule has 0 unspecified atom stereocenters. The number of thiocarbonyl (C=S) groups is 3. The van der Waals surface area contributed by atoms with Gasteiger partial charge in [-0.2, -0.15) is 0 Å². The van der Waals surface area contributed by atoms with Crippen molar-refractivity contribution in [2.45, 2.75) is 0 Å². The van der Waals surface area contributed by atoms with Crippen LogP contribution in [0.3, 0.4) is 0 Å². The average molecular weight is 485 g/mol. The van der Waals surface area contributed by atoms with Gasteiger partial charge in [-0.1, -0.05) is 13.0 Å². The minimum absolute atomic E-state index is 0. The molecule has 0 saturated heterocycles. The van der Waals surface area contributed by atoms with Gasteiger partial charge < -0.3 is 91.7 Å². The van der Waals surface area contributed by atoms with Gasteiger partial charge in [0.1, 0.15) is 0 Å². The summed E-state index contributed by atoms with van der Waals surface area (Å²) in [6.45, 7) is 0. The molecule has 2 radical (unpaired) electrons. The van der Waals surface area contributed by atoms with Crippen LogP contribution in [0.1, 0.15) is 0 Å². The molecular weight excluding hydrogens is 479 g/mol. The molecule has 0 aliphatic heterocycles. The summed E-state index contributed by atoms with van der Waals surface area (Å²) >= 11 is 24.8. The fourth-order valence-electron chi connectivity index (χ4n) is 0. The van der Waals surface area contributed by atoms with Crippen LogP contribution < -0.4 is 17.2 Å². The largest absolute Gasteiger partial charge is 3.00 e. The smallest absolute Gasteiger partial charge is 0.415 e. The second kappa shape index (κ2) is 18.9. The number of hydrogen-bond acceptors (Lipinski definition) is 6. The molecule has 0 rings (SSSR count). The Hall–Kier alpha value is 1.21. The normalized spacial score (nSPS) is 5.54. The second-order valence-corrected chi connectivity index (χ2v) is 4.37. The molecule has 13 heavy (non-hydrogen) atoms. The molecule has 0 saturated carbocycles. The van der Waals surface area contributed by atoms with Crippen LogP contribution in [-0.2, 0) is 37.9 Å². The van der Waals surface area contributed by atoms with Gasteiger partial charge in [0.2, 0.25) is 0 Å². The van der Waals surface area contributed by atoms with E-state index in [0.717, 1.165) is 0 Å². The molecule has 0 bridgehead atoms. The standard InChI is InChI=1S/3CH3NS2.Bi/c3*2-1(3)4;/h3*(H3,2,3,4);/q;;;+3/p-3. The van der Waals surface area contributed by atoms with E-state index in [9.17, 15) is 0 Å². The Balaban J connectivity index is -0.0000000450. The zero-order chi connectivity index (χ0) is 10.7. The fraction of sp³-hybridized carbons (Fsp3) is 0. The van der Waals surface area contributed by atoms with Crippen molar-refractivity contribution in [1.82, 2.24) is 0 Å². The van der Waals surface area contributed by atoms with Crippen molar-refractivity contribution >= 4 is 114 Å². The van der Waals surface area contributed by atoms with E-state index in [2.05, 4.69) is 91.7 Å². The van der Waals surface area contributed by atoms with Gasteiger partial charge in [-0.3, -0.25) is 0 Å². The summed E-state index contributed by atoms with van der Waals surface area (Å²) in [7, 11) is 0. The van der Waals surface area contributed by atoms with Crippen molar-refractivity contribution < 1.29 is 0 Å². The first-order valence-electron chi connectivity index (χ1n) is 2.09. The van der Waals surface area contributed by atoms with Gasteiger partial charge in [-0.05, 0) is 0 Å². The molecule has 0 spiro atoms. The Bertz CT molecular complexity index is 121. The van der Waals surface area contributed by atoms with Gasteiger partial charge in [0, 0.05) is 0 Å². The maximum atomic E-state index is 4.66. The van der Waals surface area contributed by atoms with Crippen LogP contribution in [0, 0.1) is 0 Å². The van der Waals surface area contributed by atoms with E-state index in [4.69, 9.17) is 0 Å². The molecule has 74 valence electrons. The van der Waals surface area contributed by atoms with Gasteiger partial charge in [0.15, 0.2) is 0 Å². The minimum Gasteiger partial charge on any atom is -0.415 e. The van der Waals surface area contributed by atoms with Crippen molar-refractivity contribution in [3.63, 3.8) is 0 Å². The van der Waals surface area contributed by atoms with E-state index in [1.165, 1.54) is 0 Å². The molecule has 0 aromatic heterocycles. The minimum atomic E-state index is 0. The quantitative estimate of drug-likeness (QED) is 0.226. The van der Waals surface area contributed by atoms with Crippen LogP contribution >= 0.6 is 36.7 Å². The third-order valence-corrected chi connectivity index (χ3v) is 0. The van der Waals surface area contributed by atoms with E-state index >= 15 is 0 Å². The predicted octanol–water partition coefficient (Wildman–Crippen LogP) is -1.05. The van der Waals surface area contributed by atoms with E-state index < -0.39 is 0 Å². The van der Waals surface area contributed by atoms with Crippen LogP contribution in [0.25, 0.3) is 0 Å². The van der Waals surface area contributed by atoms with Crippen molar-refractivity contribution in [3.8, 4) is 0 Å². The van der Waals surface area contributed by atoms with E-state index in [0.29, 0.717) is 0 Å². The summed E-state index contributed by atoms with van der Waals surface area (Å²) in [6, 6.07) is 0. The number of hydrogen-bond donors (Lipinski definition) is 3. The molecule has 3 nitrogen and oxygen atoms in total. The molecule has 0 aliphatic carbocycles. The Morgan fingerprint density at radius 3 is 0.692 bits per heavy atom. The van der Waals surface area contributed by atoms with Crippen LogP contribution in [0.2, 0.25) is 0 Å². The fourth-order valence-corrected chi connectivity index (χ4v) is 0. The monoisotopic (exact) mass is 485 g/mol. The zero-order valence-corrected chi connectivity index (χ0v) is 14.5. The van der Waals surface area contributed by atoms with Crippen molar-refractivity contribution in [2.75, 3.05) is 0 Å². The maximum Gasteiger partial charge on any atom is 3.00 e. The van der Waals surface area contributed by atoms with Crippen LogP contribution in [0.5, 0.6) is 0 Å². The molecule has 0 amide bonds. The Kier molecular flexibility index (Phi) is 34.6. The van der Waals surface area contributed by atoms with Crippen LogP contribution in [-0.4, -0.2) is 39.2 Å². The molecule has 0 atom stereocenters. The van der Waals surface area contributed by atoms with E-state index in [1.54, 1.807) is 0 Å². The molecule has 0 aromatic carbocycles. The first-order chi connectivity index (χ1) is 5.20. The molecule has 0 fully saturated rings. The Labute approximate surface area is 129 Å². The molecule has 10 heteroatoms. The van der Waals surface area contributed by atoms with Gasteiger partial charge in [-0.15, -0.1) is 0 Å². The summed E-state index contributed by atoms with van der Waals surface area (Å²) < 4.78 is 0.250. The number of nitrogens with two attached hydrogens (primary N) is 3. The Morgan fingerprint density at radius 1 is 0.692 bits per heavy atom. The molecular formula is C3H6BiN3S6. The zero-order valence-electron chi connectivity index (χ0n) is 6.13.